The molecule has 0 saturated heterocycles. The van der Waals surface area contributed by atoms with Gasteiger partial charge in [0.15, 0.2) is 0 Å². The summed E-state index contributed by atoms with van der Waals surface area (Å²) in [6, 6.07) is 16.7. The minimum atomic E-state index is -0.766. The van der Waals surface area contributed by atoms with Crippen molar-refractivity contribution < 1.29 is 21.5 Å². The molecular formula is C21H26AuBr3N2O2. The van der Waals surface area contributed by atoms with E-state index in [0.717, 1.165) is 31.3 Å². The van der Waals surface area contributed by atoms with E-state index in [1.54, 1.807) is 14.2 Å². The molecule has 0 unspecified atom stereocenters. The summed E-state index contributed by atoms with van der Waals surface area (Å²) in [6.07, 6.45) is 0. The monoisotopic (exact) mass is 772 g/mol. The van der Waals surface area contributed by atoms with Gasteiger partial charge in [-0.05, 0) is 62.4 Å². The van der Waals surface area contributed by atoms with Crippen molar-refractivity contribution in [3.8, 4) is 11.5 Å². The van der Waals surface area contributed by atoms with Crippen LogP contribution in [0.25, 0.3) is 11.4 Å². The molecule has 0 fully saturated rings. The zero-order valence-electron chi connectivity index (χ0n) is 16.9. The number of halogens is 3. The van der Waals surface area contributed by atoms with Gasteiger partial charge in [-0.25, -0.2) is 0 Å². The molecule has 3 rings (SSSR count). The first-order valence-corrected chi connectivity index (χ1v) is 23.3. The molecule has 164 valence electrons. The van der Waals surface area contributed by atoms with Crippen LogP contribution in [0.2, 0.25) is 0 Å². The molecule has 29 heavy (non-hydrogen) atoms. The van der Waals surface area contributed by atoms with Gasteiger partial charge in [0.2, 0.25) is 0 Å². The summed E-state index contributed by atoms with van der Waals surface area (Å²) in [5.74, 6) is 1.76. The Morgan fingerprint density at radius 2 is 1.03 bits per heavy atom. The quantitative estimate of drug-likeness (QED) is 0.306. The van der Waals surface area contributed by atoms with Crippen LogP contribution < -0.4 is 9.47 Å². The third-order valence-electron chi connectivity index (χ3n) is 4.69. The standard InChI is InChI=1S/C21H26N2O2.Au.3BrH/c1-5-22-15-23(6-2)21(17-9-13-19(25-4)14-10-17)20(22)16-7-11-18(24-3)12-8-16;;;;/h7-14H,5-6,15H2,1-4H3;;3*1H/q;+3;;;/p-3. The van der Waals surface area contributed by atoms with Gasteiger partial charge in [-0.1, -0.05) is 0 Å². The van der Waals surface area contributed by atoms with Crippen LogP contribution in [0, 0.1) is 0 Å². The van der Waals surface area contributed by atoms with Gasteiger partial charge in [-0.2, -0.15) is 0 Å². The van der Waals surface area contributed by atoms with Crippen LogP contribution in [0.15, 0.2) is 48.5 Å². The molecule has 0 radical (unpaired) electrons. The molecular weight excluding hydrogens is 749 g/mol. The molecule has 0 aliphatic carbocycles. The van der Waals surface area contributed by atoms with E-state index in [0.29, 0.717) is 0 Å². The summed E-state index contributed by atoms with van der Waals surface area (Å²) >= 11 is 8.99. The van der Waals surface area contributed by atoms with Crippen molar-refractivity contribution in [1.29, 1.82) is 0 Å². The Bertz CT molecular complexity index is 732. The summed E-state index contributed by atoms with van der Waals surface area (Å²) in [4.78, 5) is 4.84. The average Bonchev–Trinajstić information content (AvgIpc) is 3.12. The van der Waals surface area contributed by atoms with Crippen molar-refractivity contribution in [2.24, 2.45) is 0 Å². The molecule has 1 aliphatic heterocycles. The normalized spacial score (nSPS) is 13.8. The van der Waals surface area contributed by atoms with E-state index in [4.69, 9.17) is 9.47 Å². The number of benzene rings is 2. The van der Waals surface area contributed by atoms with Crippen molar-refractivity contribution in [3.05, 3.63) is 59.7 Å². The van der Waals surface area contributed by atoms with Crippen molar-refractivity contribution in [1.82, 2.24) is 9.80 Å². The Morgan fingerprint density at radius 3 is 1.28 bits per heavy atom. The van der Waals surface area contributed by atoms with Crippen LogP contribution in [-0.4, -0.2) is 43.8 Å². The molecule has 0 bridgehead atoms. The second-order valence-electron chi connectivity index (χ2n) is 6.14. The van der Waals surface area contributed by atoms with Crippen LogP contribution >= 0.6 is 39.1 Å². The molecule has 0 amide bonds. The Balaban J connectivity index is 0.000000687. The predicted octanol–water partition coefficient (Wildman–Crippen LogP) is 6.68. The Hall–Kier alpha value is -0.440. The van der Waals surface area contributed by atoms with Gasteiger partial charge in [-0.15, -0.1) is 0 Å². The third kappa shape index (κ3) is 6.77. The van der Waals surface area contributed by atoms with E-state index in [1.165, 1.54) is 22.5 Å². The van der Waals surface area contributed by atoms with E-state index in [9.17, 15) is 0 Å². The molecule has 2 aromatic carbocycles. The molecule has 0 atom stereocenters. The predicted molar refractivity (Wildman–Crippen MR) is 129 cm³/mol. The number of ether oxygens (including phenoxy) is 2. The second-order valence-corrected chi connectivity index (χ2v) is 34.6. The number of nitrogens with zero attached hydrogens (tertiary/aromatic N) is 2. The Morgan fingerprint density at radius 1 is 0.724 bits per heavy atom. The maximum absolute atomic E-state index is 5.31. The van der Waals surface area contributed by atoms with Crippen LogP contribution in [-0.2, 0) is 12.0 Å². The topological polar surface area (TPSA) is 24.9 Å². The molecule has 1 heterocycles. The minimum absolute atomic E-state index is 0.766. The van der Waals surface area contributed by atoms with Crippen LogP contribution in [0.3, 0.4) is 0 Å². The second kappa shape index (κ2) is 12.4. The van der Waals surface area contributed by atoms with Gasteiger partial charge in [0.05, 0.1) is 32.3 Å². The SMILES string of the molecule is CCN1CN(CC)C(c2ccc(OC)cc2)=C1c1ccc(OC)cc1.[Br][Au]([Br])[Br]. The average molecular weight is 775 g/mol. The Kier molecular flexibility index (Phi) is 10.6. The van der Waals surface area contributed by atoms with E-state index in [1.807, 2.05) is 24.3 Å². The number of hydrogen-bond acceptors (Lipinski definition) is 4. The fourth-order valence-corrected chi connectivity index (χ4v) is 3.30. The van der Waals surface area contributed by atoms with Gasteiger partial charge >= 0.3 is 51.1 Å². The van der Waals surface area contributed by atoms with Crippen LogP contribution in [0.1, 0.15) is 25.0 Å². The molecule has 0 aromatic heterocycles. The number of rotatable bonds is 6. The summed E-state index contributed by atoms with van der Waals surface area (Å²) in [5, 5.41) is 0. The molecule has 0 N–H and O–H groups in total. The molecule has 0 saturated carbocycles. The maximum atomic E-state index is 5.31. The first-order valence-electron chi connectivity index (χ1n) is 9.09. The number of methoxy groups -OCH3 is 2. The Labute approximate surface area is 199 Å². The zero-order chi connectivity index (χ0) is 21.4. The molecule has 8 heteroatoms. The van der Waals surface area contributed by atoms with Gasteiger partial charge in [0, 0.05) is 24.2 Å². The molecule has 2 aromatic rings. The van der Waals surface area contributed by atoms with Gasteiger partial charge in [0.25, 0.3) is 0 Å². The van der Waals surface area contributed by atoms with Gasteiger partial charge < -0.3 is 19.3 Å². The van der Waals surface area contributed by atoms with Gasteiger partial charge in [-0.3, -0.25) is 0 Å². The van der Waals surface area contributed by atoms with E-state index in [2.05, 4.69) is 87.0 Å². The molecule has 1 aliphatic rings. The number of hydrogen-bond donors (Lipinski definition) is 0. The summed E-state index contributed by atoms with van der Waals surface area (Å²) < 4.78 is 10.6. The summed E-state index contributed by atoms with van der Waals surface area (Å²) in [6.45, 7) is 7.26. The molecule has 0 spiro atoms. The van der Waals surface area contributed by atoms with Crippen molar-refractivity contribution in [2.45, 2.75) is 13.8 Å². The summed E-state index contributed by atoms with van der Waals surface area (Å²) in [7, 11) is 3.40. The third-order valence-corrected chi connectivity index (χ3v) is 4.69. The van der Waals surface area contributed by atoms with Gasteiger partial charge in [0.1, 0.15) is 11.5 Å². The summed E-state index contributed by atoms with van der Waals surface area (Å²) in [5.41, 5.74) is 4.98. The fourth-order valence-electron chi connectivity index (χ4n) is 3.30. The van der Waals surface area contributed by atoms with Crippen molar-refractivity contribution in [3.63, 3.8) is 0 Å². The zero-order valence-corrected chi connectivity index (χ0v) is 23.8. The van der Waals surface area contributed by atoms with Crippen molar-refractivity contribution in [2.75, 3.05) is 34.0 Å². The fraction of sp³-hybridized carbons (Fsp3) is 0.333. The first kappa shape index (κ1) is 24.8. The van der Waals surface area contributed by atoms with Crippen LogP contribution in [0.5, 0.6) is 11.5 Å². The van der Waals surface area contributed by atoms with E-state index >= 15 is 0 Å². The first-order chi connectivity index (χ1) is 13.9. The van der Waals surface area contributed by atoms with E-state index < -0.39 is 12.0 Å². The van der Waals surface area contributed by atoms with Crippen molar-refractivity contribution >= 4 is 50.5 Å². The molecule has 4 nitrogen and oxygen atoms in total. The van der Waals surface area contributed by atoms with Crippen LogP contribution in [0.4, 0.5) is 0 Å². The van der Waals surface area contributed by atoms with E-state index in [-0.39, 0.29) is 0 Å².